The van der Waals surface area contributed by atoms with E-state index in [1.54, 1.807) is 13.0 Å². The van der Waals surface area contributed by atoms with Gasteiger partial charge >= 0.3 is 0 Å². The molecule has 3 rings (SSSR count). The molecule has 2 aliphatic rings. The van der Waals surface area contributed by atoms with Crippen molar-refractivity contribution >= 4 is 11.6 Å². The Bertz CT molecular complexity index is 657. The summed E-state index contributed by atoms with van der Waals surface area (Å²) in [7, 11) is 3.02. The Labute approximate surface area is 126 Å². The SMILES string of the molecule is COc1c([C@@H]2ON=C(C(N)=O)[C@@H]2C)cc2c(c1OC)OCO2. The van der Waals surface area contributed by atoms with Gasteiger partial charge in [0, 0.05) is 5.56 Å². The van der Waals surface area contributed by atoms with Crippen molar-refractivity contribution in [3.8, 4) is 23.0 Å². The van der Waals surface area contributed by atoms with Crippen LogP contribution in [0.5, 0.6) is 23.0 Å². The van der Waals surface area contributed by atoms with E-state index in [4.69, 9.17) is 29.5 Å². The van der Waals surface area contributed by atoms with Crippen LogP contribution in [0.25, 0.3) is 0 Å². The summed E-state index contributed by atoms with van der Waals surface area (Å²) in [5.74, 6) is 0.930. The van der Waals surface area contributed by atoms with Gasteiger partial charge in [0.05, 0.1) is 20.1 Å². The smallest absolute Gasteiger partial charge is 0.266 e. The highest BCUT2D eigenvalue weighted by Crippen LogP contribution is 2.52. The van der Waals surface area contributed by atoms with E-state index in [1.807, 2.05) is 0 Å². The molecule has 2 heterocycles. The Balaban J connectivity index is 2.07. The predicted octanol–water partition coefficient (Wildman–Crippen LogP) is 0.981. The molecule has 0 saturated heterocycles. The second kappa shape index (κ2) is 5.28. The normalized spacial score (nSPS) is 22.0. The molecule has 0 aliphatic carbocycles. The predicted molar refractivity (Wildman–Crippen MR) is 75.3 cm³/mol. The lowest BCUT2D eigenvalue weighted by Crippen LogP contribution is -2.28. The average molecular weight is 308 g/mol. The van der Waals surface area contributed by atoms with Gasteiger partial charge in [0.15, 0.2) is 23.3 Å². The molecule has 118 valence electrons. The summed E-state index contributed by atoms with van der Waals surface area (Å²) in [5, 5.41) is 3.77. The Morgan fingerprint density at radius 2 is 2.05 bits per heavy atom. The number of amides is 1. The number of primary amides is 1. The van der Waals surface area contributed by atoms with Gasteiger partial charge in [-0.25, -0.2) is 0 Å². The van der Waals surface area contributed by atoms with Crippen LogP contribution < -0.4 is 24.7 Å². The Morgan fingerprint density at radius 1 is 1.32 bits per heavy atom. The van der Waals surface area contributed by atoms with Crippen molar-refractivity contribution in [3.63, 3.8) is 0 Å². The van der Waals surface area contributed by atoms with Gasteiger partial charge in [-0.1, -0.05) is 12.1 Å². The zero-order chi connectivity index (χ0) is 15.9. The number of nitrogens with zero attached hydrogens (tertiary/aromatic N) is 1. The number of oxime groups is 1. The molecular formula is C14H16N2O6. The number of carbonyl (C=O) groups excluding carboxylic acids is 1. The maximum absolute atomic E-state index is 11.4. The number of ether oxygens (including phenoxy) is 4. The van der Waals surface area contributed by atoms with E-state index in [2.05, 4.69) is 5.16 Å². The summed E-state index contributed by atoms with van der Waals surface area (Å²) in [6, 6.07) is 1.74. The van der Waals surface area contributed by atoms with Gasteiger partial charge in [0.2, 0.25) is 18.3 Å². The van der Waals surface area contributed by atoms with Crippen LogP contribution in [0.4, 0.5) is 0 Å². The van der Waals surface area contributed by atoms with Crippen LogP contribution in [0.3, 0.4) is 0 Å². The van der Waals surface area contributed by atoms with E-state index in [0.29, 0.717) is 28.6 Å². The van der Waals surface area contributed by atoms with Crippen molar-refractivity contribution in [1.29, 1.82) is 0 Å². The molecule has 0 saturated carbocycles. The molecular weight excluding hydrogens is 292 g/mol. The summed E-state index contributed by atoms with van der Waals surface area (Å²) < 4.78 is 21.6. The minimum absolute atomic E-state index is 0.0996. The first-order chi connectivity index (χ1) is 10.6. The minimum atomic E-state index is -0.610. The Morgan fingerprint density at radius 3 is 2.64 bits per heavy atom. The molecule has 0 bridgehead atoms. The second-order valence-corrected chi connectivity index (χ2v) is 4.92. The minimum Gasteiger partial charge on any atom is -0.492 e. The molecule has 0 spiro atoms. The molecule has 0 fully saturated rings. The highest BCUT2D eigenvalue weighted by atomic mass is 16.7. The van der Waals surface area contributed by atoms with E-state index < -0.39 is 12.0 Å². The third kappa shape index (κ3) is 1.99. The van der Waals surface area contributed by atoms with Gasteiger partial charge in [0.25, 0.3) is 5.91 Å². The molecule has 8 nitrogen and oxygen atoms in total. The topological polar surface area (TPSA) is 102 Å². The van der Waals surface area contributed by atoms with Crippen LogP contribution >= 0.6 is 0 Å². The largest absolute Gasteiger partial charge is 0.492 e. The van der Waals surface area contributed by atoms with Crippen molar-refractivity contribution in [3.05, 3.63) is 11.6 Å². The van der Waals surface area contributed by atoms with Crippen LogP contribution in [0.15, 0.2) is 11.2 Å². The lowest BCUT2D eigenvalue weighted by Gasteiger charge is -2.20. The van der Waals surface area contributed by atoms with Gasteiger partial charge in [-0.05, 0) is 6.07 Å². The molecule has 2 aliphatic heterocycles. The van der Waals surface area contributed by atoms with E-state index in [9.17, 15) is 4.79 Å². The fourth-order valence-corrected chi connectivity index (χ4v) is 2.65. The Hall–Kier alpha value is -2.64. The van der Waals surface area contributed by atoms with Gasteiger partial charge < -0.3 is 29.5 Å². The number of rotatable bonds is 4. The van der Waals surface area contributed by atoms with E-state index in [1.165, 1.54) is 14.2 Å². The van der Waals surface area contributed by atoms with Crippen LogP contribution in [0.1, 0.15) is 18.6 Å². The fourth-order valence-electron chi connectivity index (χ4n) is 2.65. The molecule has 2 N–H and O–H groups in total. The van der Waals surface area contributed by atoms with Crippen molar-refractivity contribution in [2.24, 2.45) is 16.8 Å². The van der Waals surface area contributed by atoms with Crippen molar-refractivity contribution in [2.75, 3.05) is 21.0 Å². The number of hydrogen-bond donors (Lipinski definition) is 1. The molecule has 1 aromatic rings. The molecule has 1 amide bonds. The average Bonchev–Trinajstić information content (AvgIpc) is 3.10. The maximum atomic E-state index is 11.4. The number of hydrogen-bond acceptors (Lipinski definition) is 7. The summed E-state index contributed by atoms with van der Waals surface area (Å²) in [6.45, 7) is 1.90. The lowest BCUT2D eigenvalue weighted by molar-refractivity contribution is -0.112. The molecule has 22 heavy (non-hydrogen) atoms. The van der Waals surface area contributed by atoms with Gasteiger partial charge in [0.1, 0.15) is 0 Å². The molecule has 1 aromatic carbocycles. The molecule has 0 aromatic heterocycles. The van der Waals surface area contributed by atoms with Crippen LogP contribution in [-0.2, 0) is 9.63 Å². The van der Waals surface area contributed by atoms with Crippen LogP contribution in [0, 0.1) is 5.92 Å². The van der Waals surface area contributed by atoms with Crippen molar-refractivity contribution in [2.45, 2.75) is 13.0 Å². The molecule has 0 radical (unpaired) electrons. The highest BCUT2D eigenvalue weighted by Gasteiger charge is 2.39. The highest BCUT2D eigenvalue weighted by molar-refractivity contribution is 6.39. The zero-order valence-electron chi connectivity index (χ0n) is 12.4. The van der Waals surface area contributed by atoms with E-state index in [0.717, 1.165) is 0 Å². The molecule has 8 heteroatoms. The third-order valence-corrected chi connectivity index (χ3v) is 3.72. The number of carbonyl (C=O) groups is 1. The van der Waals surface area contributed by atoms with E-state index >= 15 is 0 Å². The summed E-state index contributed by atoms with van der Waals surface area (Å²) in [5.41, 5.74) is 6.13. The number of fused-ring (bicyclic) bond motifs is 1. The molecule has 2 atom stereocenters. The summed E-state index contributed by atoms with van der Waals surface area (Å²) in [4.78, 5) is 16.7. The summed E-state index contributed by atoms with van der Waals surface area (Å²) >= 11 is 0. The first kappa shape index (κ1) is 14.3. The third-order valence-electron chi connectivity index (χ3n) is 3.72. The maximum Gasteiger partial charge on any atom is 0.266 e. The standard InChI is InChI=1S/C14H16N2O6/c1-6-9(14(15)17)16-22-10(6)7-4-8-12(21-5-20-8)13(19-3)11(7)18-2/h4,6,10H,5H2,1-3H3,(H2,15,17)/t6-,10+/m0/s1. The number of nitrogens with two attached hydrogens (primary N) is 1. The summed E-state index contributed by atoms with van der Waals surface area (Å²) in [6.07, 6.45) is -0.527. The number of methoxy groups -OCH3 is 2. The molecule has 0 unspecified atom stereocenters. The van der Waals surface area contributed by atoms with Crippen LogP contribution in [-0.4, -0.2) is 32.6 Å². The van der Waals surface area contributed by atoms with Gasteiger partial charge in [-0.3, -0.25) is 4.79 Å². The zero-order valence-corrected chi connectivity index (χ0v) is 12.4. The quantitative estimate of drug-likeness (QED) is 0.889. The fraction of sp³-hybridized carbons (Fsp3) is 0.429. The van der Waals surface area contributed by atoms with Crippen LogP contribution in [0.2, 0.25) is 0 Å². The Kier molecular flexibility index (Phi) is 3.44. The lowest BCUT2D eigenvalue weighted by atomic mass is 9.92. The van der Waals surface area contributed by atoms with Gasteiger partial charge in [-0.2, -0.15) is 0 Å². The second-order valence-electron chi connectivity index (χ2n) is 4.92. The first-order valence-corrected chi connectivity index (χ1v) is 6.66. The van der Waals surface area contributed by atoms with Gasteiger partial charge in [-0.15, -0.1) is 0 Å². The monoisotopic (exact) mass is 308 g/mol. The van der Waals surface area contributed by atoms with E-state index in [-0.39, 0.29) is 18.4 Å². The number of benzene rings is 1. The van der Waals surface area contributed by atoms with Crippen molar-refractivity contribution in [1.82, 2.24) is 0 Å². The first-order valence-electron chi connectivity index (χ1n) is 6.66. The van der Waals surface area contributed by atoms with Crippen molar-refractivity contribution < 1.29 is 28.6 Å².